The molecule has 0 saturated heterocycles. The first-order valence-corrected chi connectivity index (χ1v) is 7.30. The molecule has 2 aromatic heterocycles. The minimum atomic E-state index is 0.505. The maximum atomic E-state index is 5.83. The number of halogens is 1. The molecule has 0 amide bonds. The van der Waals surface area contributed by atoms with Crippen LogP contribution in [0.1, 0.15) is 31.4 Å². The first kappa shape index (κ1) is 14.9. The lowest BCUT2D eigenvalue weighted by Gasteiger charge is -2.28. The van der Waals surface area contributed by atoms with Crippen LogP contribution in [0.4, 0.5) is 0 Å². The summed E-state index contributed by atoms with van der Waals surface area (Å²) in [5.41, 5.74) is 2.41. The van der Waals surface area contributed by atoms with Crippen molar-refractivity contribution >= 4 is 11.6 Å². The second-order valence-electron chi connectivity index (χ2n) is 5.01. The van der Waals surface area contributed by atoms with Crippen LogP contribution in [0.15, 0.2) is 42.9 Å². The van der Waals surface area contributed by atoms with Crippen LogP contribution in [0, 0.1) is 0 Å². The smallest absolute Gasteiger partial charge is 0.129 e. The molecule has 2 heterocycles. The quantitative estimate of drug-likeness (QED) is 0.755. The van der Waals surface area contributed by atoms with Crippen LogP contribution in [-0.2, 0) is 13.1 Å². The van der Waals surface area contributed by atoms with E-state index in [0.29, 0.717) is 11.2 Å². The highest BCUT2D eigenvalue weighted by atomic mass is 35.5. The van der Waals surface area contributed by atoms with Gasteiger partial charge in [0, 0.05) is 37.7 Å². The molecule has 0 fully saturated rings. The van der Waals surface area contributed by atoms with Gasteiger partial charge in [-0.3, -0.25) is 9.88 Å². The van der Waals surface area contributed by atoms with E-state index in [0.717, 1.165) is 19.5 Å². The Labute approximate surface area is 125 Å². The second-order valence-corrected chi connectivity index (χ2v) is 5.40. The zero-order chi connectivity index (χ0) is 14.4. The van der Waals surface area contributed by atoms with Gasteiger partial charge in [-0.05, 0) is 36.6 Å². The van der Waals surface area contributed by atoms with E-state index >= 15 is 0 Å². The highest BCUT2D eigenvalue weighted by Crippen LogP contribution is 2.15. The average Bonchev–Trinajstić information content (AvgIpc) is 2.49. The van der Waals surface area contributed by atoms with Gasteiger partial charge >= 0.3 is 0 Å². The van der Waals surface area contributed by atoms with Gasteiger partial charge in [0.25, 0.3) is 0 Å². The van der Waals surface area contributed by atoms with E-state index in [4.69, 9.17) is 11.6 Å². The molecular weight excluding hydrogens is 270 g/mol. The zero-order valence-corrected chi connectivity index (χ0v) is 12.7. The van der Waals surface area contributed by atoms with Crippen molar-refractivity contribution < 1.29 is 0 Å². The van der Waals surface area contributed by atoms with Gasteiger partial charge in [-0.15, -0.1) is 0 Å². The van der Waals surface area contributed by atoms with Crippen molar-refractivity contribution in [3.63, 3.8) is 0 Å². The number of pyridine rings is 2. The number of hydrogen-bond acceptors (Lipinski definition) is 3. The standard InChI is InChI=1S/C16H20ClN3/c1-3-13(2)20(11-14-5-4-8-18-9-14)12-15-6-7-16(17)19-10-15/h4-10,13H,3,11-12H2,1-2H3/t13-/m1/s1. The maximum Gasteiger partial charge on any atom is 0.129 e. The van der Waals surface area contributed by atoms with E-state index in [-0.39, 0.29) is 0 Å². The third-order valence-corrected chi connectivity index (χ3v) is 3.72. The lowest BCUT2D eigenvalue weighted by Crippen LogP contribution is -2.31. The SMILES string of the molecule is CC[C@@H](C)N(Cc1cccnc1)Cc1ccc(Cl)nc1. The molecule has 0 spiro atoms. The summed E-state index contributed by atoms with van der Waals surface area (Å²) in [6.07, 6.45) is 6.69. The summed E-state index contributed by atoms with van der Waals surface area (Å²) in [5.74, 6) is 0. The monoisotopic (exact) mass is 289 g/mol. The molecule has 20 heavy (non-hydrogen) atoms. The molecule has 2 rings (SSSR count). The van der Waals surface area contributed by atoms with Crippen LogP contribution >= 0.6 is 11.6 Å². The minimum absolute atomic E-state index is 0.505. The fourth-order valence-electron chi connectivity index (χ4n) is 2.09. The Bertz CT molecular complexity index is 513. The van der Waals surface area contributed by atoms with Crippen LogP contribution in [-0.4, -0.2) is 20.9 Å². The van der Waals surface area contributed by atoms with Crippen molar-refractivity contribution in [2.45, 2.75) is 39.4 Å². The molecule has 0 aliphatic heterocycles. The molecule has 0 radical (unpaired) electrons. The summed E-state index contributed by atoms with van der Waals surface area (Å²) >= 11 is 5.83. The zero-order valence-electron chi connectivity index (χ0n) is 12.0. The lowest BCUT2D eigenvalue weighted by molar-refractivity contribution is 0.185. The van der Waals surface area contributed by atoms with E-state index in [1.807, 2.05) is 30.6 Å². The molecular formula is C16H20ClN3. The van der Waals surface area contributed by atoms with Crippen molar-refractivity contribution in [1.82, 2.24) is 14.9 Å². The van der Waals surface area contributed by atoms with E-state index < -0.39 is 0 Å². The van der Waals surface area contributed by atoms with Crippen molar-refractivity contribution in [1.29, 1.82) is 0 Å². The molecule has 4 heteroatoms. The number of nitrogens with zero attached hydrogens (tertiary/aromatic N) is 3. The van der Waals surface area contributed by atoms with E-state index in [2.05, 4.69) is 34.8 Å². The van der Waals surface area contributed by atoms with Gasteiger partial charge < -0.3 is 0 Å². The van der Waals surface area contributed by atoms with Crippen molar-refractivity contribution in [2.75, 3.05) is 0 Å². The van der Waals surface area contributed by atoms with Gasteiger partial charge in [-0.2, -0.15) is 0 Å². The van der Waals surface area contributed by atoms with Gasteiger partial charge in [0.1, 0.15) is 5.15 Å². The molecule has 0 aliphatic rings. The number of aromatic nitrogens is 2. The largest absolute Gasteiger partial charge is 0.292 e. The second kappa shape index (κ2) is 7.36. The average molecular weight is 290 g/mol. The van der Waals surface area contributed by atoms with Gasteiger partial charge in [0.15, 0.2) is 0 Å². The van der Waals surface area contributed by atoms with Crippen molar-refractivity contribution in [2.24, 2.45) is 0 Å². The van der Waals surface area contributed by atoms with Gasteiger partial charge in [0.05, 0.1) is 0 Å². The predicted molar refractivity (Wildman–Crippen MR) is 82.5 cm³/mol. The van der Waals surface area contributed by atoms with Crippen LogP contribution in [0.5, 0.6) is 0 Å². The molecule has 0 aliphatic carbocycles. The molecule has 0 saturated carbocycles. The minimum Gasteiger partial charge on any atom is -0.292 e. The summed E-state index contributed by atoms with van der Waals surface area (Å²) in [5, 5.41) is 0.538. The molecule has 106 valence electrons. The predicted octanol–water partition coefficient (Wildman–Crippen LogP) is 3.93. The molecule has 3 nitrogen and oxygen atoms in total. The fraction of sp³-hybridized carbons (Fsp3) is 0.375. The molecule has 1 atom stereocenters. The normalized spacial score (nSPS) is 12.6. The maximum absolute atomic E-state index is 5.83. The summed E-state index contributed by atoms with van der Waals surface area (Å²) < 4.78 is 0. The van der Waals surface area contributed by atoms with Crippen LogP contribution < -0.4 is 0 Å². The Morgan fingerprint density at radius 3 is 2.45 bits per heavy atom. The molecule has 0 bridgehead atoms. The summed E-state index contributed by atoms with van der Waals surface area (Å²) in [4.78, 5) is 10.8. The Hall–Kier alpha value is -1.45. The summed E-state index contributed by atoms with van der Waals surface area (Å²) in [6.45, 7) is 6.22. The Kier molecular flexibility index (Phi) is 5.50. The van der Waals surface area contributed by atoms with Crippen LogP contribution in [0.2, 0.25) is 5.15 Å². The first-order chi connectivity index (χ1) is 9.69. The fourth-order valence-corrected chi connectivity index (χ4v) is 2.20. The number of hydrogen-bond donors (Lipinski definition) is 0. The summed E-state index contributed by atoms with van der Waals surface area (Å²) in [7, 11) is 0. The third kappa shape index (κ3) is 4.29. The first-order valence-electron chi connectivity index (χ1n) is 6.92. The van der Waals surface area contributed by atoms with Gasteiger partial charge in [-0.1, -0.05) is 30.7 Å². The molecule has 2 aromatic rings. The van der Waals surface area contributed by atoms with Crippen molar-refractivity contribution in [3.05, 3.63) is 59.1 Å². The Morgan fingerprint density at radius 1 is 1.15 bits per heavy atom. The highest BCUT2D eigenvalue weighted by molar-refractivity contribution is 6.29. The molecule has 0 unspecified atom stereocenters. The van der Waals surface area contributed by atoms with Gasteiger partial charge in [0.2, 0.25) is 0 Å². The van der Waals surface area contributed by atoms with Gasteiger partial charge in [-0.25, -0.2) is 4.98 Å². The van der Waals surface area contributed by atoms with Crippen molar-refractivity contribution in [3.8, 4) is 0 Å². The highest BCUT2D eigenvalue weighted by Gasteiger charge is 2.13. The van der Waals surface area contributed by atoms with Crippen LogP contribution in [0.3, 0.4) is 0 Å². The van der Waals surface area contributed by atoms with E-state index in [9.17, 15) is 0 Å². The molecule has 0 aromatic carbocycles. The number of rotatable bonds is 6. The third-order valence-electron chi connectivity index (χ3n) is 3.50. The van der Waals surface area contributed by atoms with Crippen LogP contribution in [0.25, 0.3) is 0 Å². The Balaban J connectivity index is 2.09. The van der Waals surface area contributed by atoms with E-state index in [1.54, 1.807) is 6.20 Å². The Morgan fingerprint density at radius 2 is 1.90 bits per heavy atom. The lowest BCUT2D eigenvalue weighted by atomic mass is 10.1. The van der Waals surface area contributed by atoms with E-state index in [1.165, 1.54) is 11.1 Å². The topological polar surface area (TPSA) is 29.0 Å². The summed E-state index contributed by atoms with van der Waals surface area (Å²) in [6, 6.07) is 8.48. The molecule has 0 N–H and O–H groups in total.